The molecule has 1 aromatic carbocycles. The van der Waals surface area contributed by atoms with E-state index in [0.29, 0.717) is 23.4 Å². The van der Waals surface area contributed by atoms with Crippen molar-refractivity contribution in [2.45, 2.75) is 164 Å². The van der Waals surface area contributed by atoms with Crippen LogP contribution in [0.15, 0.2) is 61.2 Å². The summed E-state index contributed by atoms with van der Waals surface area (Å²) in [6.07, 6.45) is 9.43. The van der Waals surface area contributed by atoms with E-state index >= 15 is 0 Å². The van der Waals surface area contributed by atoms with Gasteiger partial charge in [-0.25, -0.2) is 23.6 Å². The predicted octanol–water partition coefficient (Wildman–Crippen LogP) is 5.96. The second-order valence-electron chi connectivity index (χ2n) is 19.3. The molecule has 23 nitrogen and oxygen atoms in total. The van der Waals surface area contributed by atoms with Crippen LogP contribution in [0.2, 0.25) is 0 Å². The Labute approximate surface area is 442 Å². The van der Waals surface area contributed by atoms with E-state index in [9.17, 15) is 35.5 Å². The Hall–Kier alpha value is -5.37. The van der Waals surface area contributed by atoms with Crippen LogP contribution >= 0.6 is 7.82 Å². The number of aliphatic hydroxyl groups is 4. The molecule has 76 heavy (non-hydrogen) atoms. The van der Waals surface area contributed by atoms with Crippen LogP contribution in [0, 0.1) is 22.7 Å². The Bertz CT molecular complexity index is 2610. The lowest BCUT2D eigenvalue weighted by Gasteiger charge is -2.26. The number of aromatic nitrogens is 6. The Morgan fingerprint density at radius 3 is 1.58 bits per heavy atom. The number of methoxy groups -OCH3 is 1. The summed E-state index contributed by atoms with van der Waals surface area (Å²) in [7, 11) is -3.35. The Morgan fingerprint density at radius 1 is 0.671 bits per heavy atom. The van der Waals surface area contributed by atoms with Crippen LogP contribution in [-0.2, 0) is 54.9 Å². The number of phosphoric acid groups is 1. The lowest BCUT2D eigenvalue weighted by atomic mass is 9.92. The Morgan fingerprint density at radius 2 is 1.13 bits per heavy atom. The molecule has 0 spiro atoms. The van der Waals surface area contributed by atoms with Gasteiger partial charge in [-0.2, -0.15) is 20.7 Å². The number of hydrogen-bond donors (Lipinski definition) is 6. The molecule has 2 saturated heterocycles. The SMILES string of the molecule is CCCCCCCCCCCCCCCCCOC[C@H](COP(=O)(OC[C@H]1O[C@@](C#N)(c2ccc3c(N)ncnn23)[C@H](O)[C@@H]1O)OC[C@H]1O[C@@](C#N)(c2ccc3c(N)ncnn23)[C@H](O)[C@@H]1O)OCc1ccc(OC)cc1. The van der Waals surface area contributed by atoms with Gasteiger partial charge in [0.25, 0.3) is 0 Å². The summed E-state index contributed by atoms with van der Waals surface area (Å²) < 4.78 is 64.9. The van der Waals surface area contributed by atoms with Gasteiger partial charge < -0.3 is 55.6 Å². The van der Waals surface area contributed by atoms with Crippen molar-refractivity contribution in [3.8, 4) is 17.9 Å². The van der Waals surface area contributed by atoms with Crippen molar-refractivity contribution in [3.63, 3.8) is 0 Å². The zero-order valence-electron chi connectivity index (χ0n) is 43.3. The fourth-order valence-electron chi connectivity index (χ4n) is 9.59. The lowest BCUT2D eigenvalue weighted by Crippen LogP contribution is -2.41. The Kier molecular flexibility index (Phi) is 21.3. The number of aliphatic hydroxyl groups excluding tert-OH is 4. The maximum Gasteiger partial charge on any atom is 0.475 e. The molecule has 9 atom stereocenters. The quantitative estimate of drug-likeness (QED) is 0.0209. The van der Waals surface area contributed by atoms with Crippen molar-refractivity contribution >= 4 is 30.5 Å². The molecule has 0 unspecified atom stereocenters. The number of unbranched alkanes of at least 4 members (excludes halogenated alkanes) is 14. The third-order valence-electron chi connectivity index (χ3n) is 14.0. The van der Waals surface area contributed by atoms with Gasteiger partial charge in [0, 0.05) is 6.61 Å². The number of ether oxygens (including phenoxy) is 5. The molecule has 0 bridgehead atoms. The number of anilines is 2. The van der Waals surface area contributed by atoms with Crippen LogP contribution < -0.4 is 16.2 Å². The molecule has 0 aliphatic carbocycles. The van der Waals surface area contributed by atoms with Crippen molar-refractivity contribution in [2.75, 3.05) is 51.6 Å². The molecule has 0 amide bonds. The van der Waals surface area contributed by atoms with Crippen LogP contribution in [0.5, 0.6) is 5.75 Å². The van der Waals surface area contributed by atoms with E-state index in [1.165, 1.54) is 104 Å². The fourth-order valence-corrected chi connectivity index (χ4v) is 10.8. The number of nitriles is 2. The first kappa shape index (κ1) is 58.3. The summed E-state index contributed by atoms with van der Waals surface area (Å²) in [5.74, 6) is 0.810. The molecule has 2 aliphatic heterocycles. The van der Waals surface area contributed by atoms with Gasteiger partial charge in [-0.3, -0.25) is 13.6 Å². The van der Waals surface area contributed by atoms with Crippen LogP contribution in [0.1, 0.15) is 120 Å². The average Bonchev–Trinajstić information content (AvgIpc) is 4.23. The van der Waals surface area contributed by atoms with Gasteiger partial charge in [-0.05, 0) is 48.4 Å². The molecular formula is C52H73N10O13P. The maximum atomic E-state index is 15.0. The van der Waals surface area contributed by atoms with Gasteiger partial charge in [-0.1, -0.05) is 109 Å². The van der Waals surface area contributed by atoms with Crippen LogP contribution in [0.4, 0.5) is 11.6 Å². The molecule has 0 radical (unpaired) electrons. The average molecular weight is 1080 g/mol. The first-order valence-corrected chi connectivity index (χ1v) is 27.7. The minimum absolute atomic E-state index is 0.0100. The maximum absolute atomic E-state index is 15.0. The number of rotatable bonds is 33. The first-order valence-electron chi connectivity index (χ1n) is 26.3. The summed E-state index contributed by atoms with van der Waals surface area (Å²) in [6.45, 7) is 0.750. The number of nitrogens with zero attached hydrogens (tertiary/aromatic N) is 8. The molecular weight excluding hydrogens is 1000 g/mol. The summed E-state index contributed by atoms with van der Waals surface area (Å²) >= 11 is 0. The molecule has 0 saturated carbocycles. The molecule has 6 heterocycles. The van der Waals surface area contributed by atoms with Gasteiger partial charge in [-0.15, -0.1) is 0 Å². The van der Waals surface area contributed by atoms with Crippen molar-refractivity contribution in [1.82, 2.24) is 29.2 Å². The largest absolute Gasteiger partial charge is 0.497 e. The van der Waals surface area contributed by atoms with Crippen molar-refractivity contribution in [2.24, 2.45) is 0 Å². The third-order valence-corrected chi connectivity index (χ3v) is 15.4. The number of benzene rings is 1. The van der Waals surface area contributed by atoms with E-state index in [2.05, 4.69) is 27.1 Å². The van der Waals surface area contributed by atoms with Crippen molar-refractivity contribution in [3.05, 3.63) is 78.1 Å². The highest BCUT2D eigenvalue weighted by atomic mass is 31.2. The number of hydrogen-bond acceptors (Lipinski definition) is 21. The molecule has 2 fully saturated rings. The molecule has 2 aliphatic rings. The topological polar surface area (TPSA) is 332 Å². The smallest absolute Gasteiger partial charge is 0.475 e. The second-order valence-corrected chi connectivity index (χ2v) is 21.0. The molecule has 5 aromatic rings. The Balaban J connectivity index is 1.02. The zero-order chi connectivity index (χ0) is 54.1. The standard InChI is InChI=1S/C52H73N10O13P/c1-3-4-5-6-7-8-9-10-11-12-13-14-15-16-17-26-69-28-38(70-27-36-18-20-37(68-2)21-19-36)29-71-76(67,72-30-41-45(63)47(65)51(32-53,74-41)43-24-22-39-49(55)57-34-59-61(39)43)73-31-42-46(64)48(66)52(33-54,75-42)44-25-23-40-50(56)58-35-60-62(40)44/h18-25,34-35,38,41-42,45-48,63-66H,3-17,26-31H2,1-2H3,(H2,55,57,59)(H2,56,58,60)/t38-,41-,42-,45-,46-,47-,48-,51+,52+/m1/s1. The minimum Gasteiger partial charge on any atom is -0.497 e. The molecule has 4 aromatic heterocycles. The summed E-state index contributed by atoms with van der Waals surface area (Å²) in [5.41, 5.74) is 9.02. The normalized spacial score (nSPS) is 24.1. The lowest BCUT2D eigenvalue weighted by molar-refractivity contribution is -0.0802. The van der Waals surface area contributed by atoms with Gasteiger partial charge >= 0.3 is 7.82 Å². The molecule has 7 rings (SSSR count). The zero-order valence-corrected chi connectivity index (χ0v) is 44.2. The molecule has 24 heteroatoms. The van der Waals surface area contributed by atoms with Crippen LogP contribution in [0.3, 0.4) is 0 Å². The van der Waals surface area contributed by atoms with Gasteiger partial charge in [0.1, 0.15) is 84.3 Å². The monoisotopic (exact) mass is 1080 g/mol. The fraction of sp³-hybridized carbons (Fsp3) is 0.615. The number of nitrogens with two attached hydrogens (primary N) is 2. The highest BCUT2D eigenvalue weighted by Crippen LogP contribution is 2.52. The second kappa shape index (κ2) is 27.8. The first-order chi connectivity index (χ1) is 36.8. The van der Waals surface area contributed by atoms with Crippen molar-refractivity contribution < 1.29 is 62.2 Å². The predicted molar refractivity (Wildman–Crippen MR) is 276 cm³/mol. The molecule has 414 valence electrons. The van der Waals surface area contributed by atoms with E-state index < -0.39 is 81.6 Å². The number of fused-ring (bicyclic) bond motifs is 2. The van der Waals surface area contributed by atoms with E-state index in [-0.39, 0.29) is 36.2 Å². The highest BCUT2D eigenvalue weighted by Gasteiger charge is 2.59. The van der Waals surface area contributed by atoms with E-state index in [1.54, 1.807) is 19.2 Å². The number of nitrogen functional groups attached to an aromatic ring is 2. The van der Waals surface area contributed by atoms with E-state index in [4.69, 9.17) is 48.7 Å². The number of phosphoric ester groups is 1. The van der Waals surface area contributed by atoms with Gasteiger partial charge in [0.2, 0.25) is 11.2 Å². The molecule has 8 N–H and O–H groups in total. The van der Waals surface area contributed by atoms with Gasteiger partial charge in [0.05, 0.1) is 51.5 Å². The van der Waals surface area contributed by atoms with Crippen molar-refractivity contribution in [1.29, 1.82) is 10.5 Å². The third kappa shape index (κ3) is 13.8. The summed E-state index contributed by atoms with van der Waals surface area (Å²) in [4.78, 5) is 7.92. The summed E-state index contributed by atoms with van der Waals surface area (Å²) in [6, 6.07) is 17.0. The highest BCUT2D eigenvalue weighted by molar-refractivity contribution is 7.48. The summed E-state index contributed by atoms with van der Waals surface area (Å²) in [5, 5.41) is 74.9. The van der Waals surface area contributed by atoms with Gasteiger partial charge in [0.15, 0.2) is 11.6 Å². The van der Waals surface area contributed by atoms with E-state index in [0.717, 1.165) is 43.9 Å². The van der Waals surface area contributed by atoms with Crippen LogP contribution in [-0.4, -0.2) is 132 Å². The van der Waals surface area contributed by atoms with E-state index in [1.807, 2.05) is 24.3 Å². The minimum atomic E-state index is -4.91. The van der Waals surface area contributed by atoms with Crippen LogP contribution in [0.25, 0.3) is 11.0 Å².